The normalized spacial score (nSPS) is 13.5. The van der Waals surface area contributed by atoms with Crippen LogP contribution in [0.25, 0.3) is 6.08 Å². The molecule has 0 aromatic heterocycles. The van der Waals surface area contributed by atoms with Crippen molar-refractivity contribution >= 4 is 11.9 Å². The van der Waals surface area contributed by atoms with Crippen molar-refractivity contribution in [2.45, 2.75) is 6.18 Å². The Morgan fingerprint density at radius 1 is 1.04 bits per heavy atom. The summed E-state index contributed by atoms with van der Waals surface area (Å²) in [5.41, 5.74) is -0.0819. The number of hydrogen-bond acceptors (Lipinski definition) is 3. The Balaban J connectivity index is 1.79. The number of halogens is 3. The molecule has 0 N–H and O–H groups in total. The van der Waals surface area contributed by atoms with E-state index in [2.05, 4.69) is 0 Å². The number of carbonyl (C=O) groups excluding carboxylic acids is 1. The van der Waals surface area contributed by atoms with Gasteiger partial charge in [0, 0.05) is 5.56 Å². The van der Waals surface area contributed by atoms with Crippen LogP contribution in [-0.4, -0.2) is 12.6 Å². The summed E-state index contributed by atoms with van der Waals surface area (Å²) in [4.78, 5) is 12.1. The molecule has 0 bridgehead atoms. The summed E-state index contributed by atoms with van der Waals surface area (Å²) < 4.78 is 48.3. The molecule has 2 aromatic rings. The quantitative estimate of drug-likeness (QED) is 0.624. The van der Waals surface area contributed by atoms with Crippen molar-refractivity contribution in [2.75, 3.05) is 6.79 Å². The van der Waals surface area contributed by atoms with Crippen LogP contribution in [0.3, 0.4) is 0 Å². The number of ether oxygens (including phenoxy) is 2. The van der Waals surface area contributed by atoms with Gasteiger partial charge in [0.25, 0.3) is 0 Å². The highest BCUT2D eigenvalue weighted by atomic mass is 19.4. The largest absolute Gasteiger partial charge is 0.454 e. The molecule has 0 radical (unpaired) electrons. The molecule has 118 valence electrons. The predicted molar refractivity (Wildman–Crippen MR) is 77.4 cm³/mol. The molecule has 0 amide bonds. The van der Waals surface area contributed by atoms with E-state index < -0.39 is 11.7 Å². The minimum Gasteiger partial charge on any atom is -0.454 e. The van der Waals surface area contributed by atoms with Crippen LogP contribution in [0.5, 0.6) is 11.5 Å². The monoisotopic (exact) mass is 320 g/mol. The number of alkyl halides is 3. The number of benzene rings is 2. The number of carbonyl (C=O) groups is 1. The van der Waals surface area contributed by atoms with Gasteiger partial charge in [-0.3, -0.25) is 4.79 Å². The van der Waals surface area contributed by atoms with Gasteiger partial charge in [-0.05, 0) is 42.0 Å². The van der Waals surface area contributed by atoms with E-state index in [0.717, 1.165) is 12.1 Å². The van der Waals surface area contributed by atoms with Gasteiger partial charge in [-0.2, -0.15) is 13.2 Å². The van der Waals surface area contributed by atoms with E-state index in [1.165, 1.54) is 24.3 Å². The van der Waals surface area contributed by atoms with E-state index >= 15 is 0 Å². The Hall–Kier alpha value is -2.76. The average Bonchev–Trinajstić information content (AvgIpc) is 2.99. The maximum absolute atomic E-state index is 12.6. The van der Waals surface area contributed by atoms with Gasteiger partial charge in [-0.1, -0.05) is 18.2 Å². The Morgan fingerprint density at radius 3 is 2.61 bits per heavy atom. The van der Waals surface area contributed by atoms with E-state index in [4.69, 9.17) is 9.47 Å². The molecule has 0 aliphatic carbocycles. The minimum atomic E-state index is -4.41. The number of allylic oxidation sites excluding steroid dienone is 1. The average molecular weight is 320 g/mol. The summed E-state index contributed by atoms with van der Waals surface area (Å²) in [6.45, 7) is 0.104. The zero-order valence-electron chi connectivity index (χ0n) is 11.8. The van der Waals surface area contributed by atoms with Crippen LogP contribution in [0, 0.1) is 0 Å². The van der Waals surface area contributed by atoms with Crippen LogP contribution in [0.1, 0.15) is 21.5 Å². The van der Waals surface area contributed by atoms with Crippen LogP contribution >= 0.6 is 0 Å². The fourth-order valence-electron chi connectivity index (χ4n) is 2.14. The molecular formula is C17H11F3O3. The van der Waals surface area contributed by atoms with Gasteiger partial charge in [0.2, 0.25) is 6.79 Å². The highest BCUT2D eigenvalue weighted by Gasteiger charge is 2.30. The molecule has 0 saturated heterocycles. The van der Waals surface area contributed by atoms with Gasteiger partial charge >= 0.3 is 6.18 Å². The summed E-state index contributed by atoms with van der Waals surface area (Å²) >= 11 is 0. The lowest BCUT2D eigenvalue weighted by Gasteiger charge is -2.06. The Kier molecular flexibility index (Phi) is 3.82. The third kappa shape index (κ3) is 3.36. The third-order valence-corrected chi connectivity index (χ3v) is 3.30. The molecule has 1 aliphatic heterocycles. The Morgan fingerprint density at radius 2 is 1.83 bits per heavy atom. The summed E-state index contributed by atoms with van der Waals surface area (Å²) in [6, 6.07) is 9.51. The molecule has 3 nitrogen and oxygen atoms in total. The number of ketones is 1. The molecule has 1 aliphatic rings. The van der Waals surface area contributed by atoms with Crippen LogP contribution in [0.15, 0.2) is 48.5 Å². The Bertz CT molecular complexity index is 779. The van der Waals surface area contributed by atoms with Crippen LogP contribution < -0.4 is 9.47 Å². The van der Waals surface area contributed by atoms with Crippen molar-refractivity contribution in [1.82, 2.24) is 0 Å². The van der Waals surface area contributed by atoms with E-state index in [-0.39, 0.29) is 12.6 Å². The molecule has 0 saturated carbocycles. The van der Waals surface area contributed by atoms with Gasteiger partial charge in [0.1, 0.15) is 0 Å². The number of hydrogen-bond donors (Lipinski definition) is 0. The van der Waals surface area contributed by atoms with Crippen molar-refractivity contribution in [1.29, 1.82) is 0 Å². The van der Waals surface area contributed by atoms with Crippen LogP contribution in [0.2, 0.25) is 0 Å². The second-order valence-corrected chi connectivity index (χ2v) is 4.89. The lowest BCUT2D eigenvalue weighted by Crippen LogP contribution is -2.04. The molecule has 0 fully saturated rings. The van der Waals surface area contributed by atoms with Gasteiger partial charge in [-0.25, -0.2) is 0 Å². The van der Waals surface area contributed by atoms with Crippen molar-refractivity contribution in [2.24, 2.45) is 0 Å². The van der Waals surface area contributed by atoms with E-state index in [1.807, 2.05) is 0 Å². The maximum Gasteiger partial charge on any atom is 0.416 e. The zero-order valence-corrected chi connectivity index (χ0v) is 11.8. The molecule has 6 heteroatoms. The summed E-state index contributed by atoms with van der Waals surface area (Å²) in [7, 11) is 0. The van der Waals surface area contributed by atoms with Crippen molar-refractivity contribution < 1.29 is 27.4 Å². The van der Waals surface area contributed by atoms with Crippen LogP contribution in [0.4, 0.5) is 13.2 Å². The van der Waals surface area contributed by atoms with Gasteiger partial charge in [0.15, 0.2) is 17.3 Å². The second kappa shape index (κ2) is 5.79. The van der Waals surface area contributed by atoms with Gasteiger partial charge in [0.05, 0.1) is 5.56 Å². The first-order valence-corrected chi connectivity index (χ1v) is 6.73. The number of fused-ring (bicyclic) bond motifs is 1. The van der Waals surface area contributed by atoms with Crippen LogP contribution in [-0.2, 0) is 6.18 Å². The smallest absolute Gasteiger partial charge is 0.416 e. The second-order valence-electron chi connectivity index (χ2n) is 4.89. The molecule has 1 heterocycles. The molecule has 0 spiro atoms. The molecule has 0 unspecified atom stereocenters. The molecule has 0 atom stereocenters. The highest BCUT2D eigenvalue weighted by molar-refractivity contribution is 6.07. The van der Waals surface area contributed by atoms with E-state index in [9.17, 15) is 18.0 Å². The Labute approximate surface area is 130 Å². The SMILES string of the molecule is O=C(/C=C/c1cccc(C(F)(F)F)c1)c1ccc2c(c1)OCO2. The van der Waals surface area contributed by atoms with E-state index in [0.29, 0.717) is 22.6 Å². The topological polar surface area (TPSA) is 35.5 Å². The standard InChI is InChI=1S/C17H11F3O3/c18-17(19,20)13-3-1-2-11(8-13)4-6-14(21)12-5-7-15-16(9-12)23-10-22-15/h1-9H,10H2/b6-4+. The minimum absolute atomic E-state index is 0.104. The predicted octanol–water partition coefficient (Wildman–Crippen LogP) is 4.33. The first kappa shape index (κ1) is 15.1. The fourth-order valence-corrected chi connectivity index (χ4v) is 2.14. The van der Waals surface area contributed by atoms with Gasteiger partial charge in [-0.15, -0.1) is 0 Å². The lowest BCUT2D eigenvalue weighted by molar-refractivity contribution is -0.137. The van der Waals surface area contributed by atoms with E-state index in [1.54, 1.807) is 18.2 Å². The van der Waals surface area contributed by atoms with Crippen molar-refractivity contribution in [3.05, 3.63) is 65.2 Å². The fraction of sp³-hybridized carbons (Fsp3) is 0.118. The highest BCUT2D eigenvalue weighted by Crippen LogP contribution is 2.33. The van der Waals surface area contributed by atoms with Crippen molar-refractivity contribution in [3.63, 3.8) is 0 Å². The summed E-state index contributed by atoms with van der Waals surface area (Å²) in [6.07, 6.45) is -1.83. The summed E-state index contributed by atoms with van der Waals surface area (Å²) in [5.74, 6) is 0.701. The number of rotatable bonds is 3. The third-order valence-electron chi connectivity index (χ3n) is 3.30. The zero-order chi connectivity index (χ0) is 16.4. The molecular weight excluding hydrogens is 309 g/mol. The van der Waals surface area contributed by atoms with Gasteiger partial charge < -0.3 is 9.47 Å². The lowest BCUT2D eigenvalue weighted by atomic mass is 10.1. The summed E-state index contributed by atoms with van der Waals surface area (Å²) in [5, 5.41) is 0. The maximum atomic E-state index is 12.6. The molecule has 2 aromatic carbocycles. The first-order valence-electron chi connectivity index (χ1n) is 6.73. The molecule has 3 rings (SSSR count). The van der Waals surface area contributed by atoms with Crippen molar-refractivity contribution in [3.8, 4) is 11.5 Å². The first-order chi connectivity index (χ1) is 10.9. The molecule has 23 heavy (non-hydrogen) atoms.